The zero-order chi connectivity index (χ0) is 16.4. The molecule has 2 aromatic rings. The number of anilines is 1. The number of carbonyl (C=O) groups is 1. The van der Waals surface area contributed by atoms with Gasteiger partial charge in [0.2, 0.25) is 0 Å². The average Bonchev–Trinajstić information content (AvgIpc) is 3.15. The molecule has 3 rings (SSSR count). The Morgan fingerprint density at radius 1 is 1.35 bits per heavy atom. The van der Waals surface area contributed by atoms with E-state index < -0.39 is 0 Å². The Morgan fingerprint density at radius 2 is 2.09 bits per heavy atom. The number of hydrazone groups is 1. The number of benzene rings is 1. The molecule has 1 aliphatic rings. The smallest absolute Gasteiger partial charge is 0.196 e. The Kier molecular flexibility index (Phi) is 4.02. The third-order valence-electron chi connectivity index (χ3n) is 3.74. The van der Waals surface area contributed by atoms with Crippen LogP contribution in [0.2, 0.25) is 0 Å². The molecule has 0 aliphatic carbocycles. The zero-order valence-corrected chi connectivity index (χ0v) is 13.3. The largest absolute Gasteiger partial charge is 0.465 e. The number of ketones is 1. The lowest BCUT2D eigenvalue weighted by Gasteiger charge is -2.29. The molecule has 1 atom stereocenters. The monoisotopic (exact) mass is 309 g/mol. The van der Waals surface area contributed by atoms with Crippen LogP contribution >= 0.6 is 0 Å². The van der Waals surface area contributed by atoms with Crippen molar-refractivity contribution in [2.45, 2.75) is 20.0 Å². The van der Waals surface area contributed by atoms with Gasteiger partial charge in [-0.2, -0.15) is 0 Å². The van der Waals surface area contributed by atoms with Crippen LogP contribution < -0.4 is 5.01 Å². The molecule has 0 saturated carbocycles. The molecule has 5 nitrogen and oxygen atoms in total. The summed E-state index contributed by atoms with van der Waals surface area (Å²) in [5.74, 6) is 1.05. The highest BCUT2D eigenvalue weighted by Gasteiger charge is 2.38. The van der Waals surface area contributed by atoms with Crippen molar-refractivity contribution in [3.63, 3.8) is 0 Å². The Balaban J connectivity index is 2.08. The number of nitrogens with zero attached hydrogens (tertiary/aromatic N) is 3. The number of hydrogen-bond donors (Lipinski definition) is 0. The summed E-state index contributed by atoms with van der Waals surface area (Å²) >= 11 is 0. The van der Waals surface area contributed by atoms with Crippen LogP contribution in [0, 0.1) is 6.92 Å². The molecule has 1 aromatic carbocycles. The second-order valence-electron chi connectivity index (χ2n) is 5.49. The molecule has 5 heteroatoms. The van der Waals surface area contributed by atoms with E-state index >= 15 is 0 Å². The van der Waals surface area contributed by atoms with Gasteiger partial charge in [0.1, 0.15) is 5.76 Å². The first-order valence-electron chi connectivity index (χ1n) is 7.48. The average molecular weight is 309 g/mol. The second-order valence-corrected chi connectivity index (χ2v) is 5.49. The normalized spacial score (nSPS) is 17.3. The van der Waals surface area contributed by atoms with Crippen LogP contribution in [0.4, 0.5) is 5.69 Å². The first kappa shape index (κ1) is 15.1. The van der Waals surface area contributed by atoms with Crippen molar-refractivity contribution in [2.24, 2.45) is 5.10 Å². The topological polar surface area (TPSA) is 49.1 Å². The van der Waals surface area contributed by atoms with E-state index in [-0.39, 0.29) is 11.9 Å². The van der Waals surface area contributed by atoms with Gasteiger partial charge in [0, 0.05) is 13.5 Å². The number of hydrogen-bond acceptors (Lipinski definition) is 5. The molecule has 1 aromatic heterocycles. The summed E-state index contributed by atoms with van der Waals surface area (Å²) in [4.78, 5) is 13.9. The van der Waals surface area contributed by atoms with E-state index in [4.69, 9.17) is 4.42 Å². The van der Waals surface area contributed by atoms with Crippen LogP contribution in [0.25, 0.3) is 0 Å². The maximum absolute atomic E-state index is 12.0. The van der Waals surface area contributed by atoms with Crippen LogP contribution in [0.15, 0.2) is 64.8 Å². The summed E-state index contributed by atoms with van der Waals surface area (Å²) in [5, 5.41) is 6.36. The molecule has 0 radical (unpaired) electrons. The Hall–Kier alpha value is -2.82. The summed E-state index contributed by atoms with van der Waals surface area (Å²) in [5.41, 5.74) is 2.07. The van der Waals surface area contributed by atoms with Crippen LogP contribution in [0.1, 0.15) is 24.4 Å². The van der Waals surface area contributed by atoms with Crippen molar-refractivity contribution in [3.05, 3.63) is 66.6 Å². The van der Waals surface area contributed by atoms with Gasteiger partial charge in [-0.3, -0.25) is 4.79 Å². The minimum atomic E-state index is -0.301. The van der Waals surface area contributed by atoms with Gasteiger partial charge in [-0.15, -0.1) is 11.7 Å². The van der Waals surface area contributed by atoms with E-state index in [1.54, 1.807) is 12.3 Å². The van der Waals surface area contributed by atoms with E-state index in [0.29, 0.717) is 12.4 Å². The molecule has 0 N–H and O–H groups in total. The van der Waals surface area contributed by atoms with Gasteiger partial charge in [0.05, 0.1) is 12.0 Å². The van der Waals surface area contributed by atoms with E-state index in [9.17, 15) is 4.79 Å². The predicted molar refractivity (Wildman–Crippen MR) is 90.1 cm³/mol. The highest BCUT2D eigenvalue weighted by molar-refractivity contribution is 6.38. The van der Waals surface area contributed by atoms with Gasteiger partial charge in [0.25, 0.3) is 0 Å². The number of Topliss-reactive ketones (excluding diaryl/α,β-unsaturated/α-hetero) is 1. The molecular formula is C18H19N3O2. The van der Waals surface area contributed by atoms with Crippen LogP contribution in [0.3, 0.4) is 0 Å². The summed E-state index contributed by atoms with van der Waals surface area (Å²) in [6, 6.07) is 11.7. The standard InChI is InChI=1S/C18H19N3O2/c1-4-11-20-17(14(3)22)19-21(15-9-7-13(2)8-10-15)18(20)16-6-5-12-23-16/h4-10,12,18H,1,11H2,2-3H3. The number of furan rings is 1. The maximum atomic E-state index is 12.0. The fourth-order valence-corrected chi connectivity index (χ4v) is 2.67. The Bertz CT molecular complexity index is 732. The number of amidine groups is 1. The highest BCUT2D eigenvalue weighted by atomic mass is 16.3. The lowest BCUT2D eigenvalue weighted by Crippen LogP contribution is -2.37. The van der Waals surface area contributed by atoms with Gasteiger partial charge in [-0.1, -0.05) is 23.8 Å². The van der Waals surface area contributed by atoms with E-state index in [2.05, 4.69) is 11.7 Å². The lowest BCUT2D eigenvalue weighted by atomic mass is 10.2. The van der Waals surface area contributed by atoms with Crippen molar-refractivity contribution in [3.8, 4) is 0 Å². The third kappa shape index (κ3) is 2.77. The Labute approximate surface area is 135 Å². The van der Waals surface area contributed by atoms with Crippen molar-refractivity contribution < 1.29 is 9.21 Å². The molecule has 2 heterocycles. The number of aryl methyl sites for hydroxylation is 1. The summed E-state index contributed by atoms with van der Waals surface area (Å²) in [6.45, 7) is 7.85. The first-order chi connectivity index (χ1) is 11.1. The molecule has 118 valence electrons. The van der Waals surface area contributed by atoms with E-state index in [1.165, 1.54) is 12.5 Å². The molecule has 0 amide bonds. The Morgan fingerprint density at radius 3 is 2.65 bits per heavy atom. The van der Waals surface area contributed by atoms with E-state index in [1.807, 2.05) is 53.2 Å². The van der Waals surface area contributed by atoms with Crippen LogP contribution in [-0.2, 0) is 4.79 Å². The van der Waals surface area contributed by atoms with Crippen LogP contribution in [0.5, 0.6) is 0 Å². The number of rotatable bonds is 5. The van der Waals surface area contributed by atoms with Gasteiger partial charge in [-0.05, 0) is 31.2 Å². The summed E-state index contributed by atoms with van der Waals surface area (Å²) in [6.07, 6.45) is 3.08. The van der Waals surface area contributed by atoms with Crippen molar-refractivity contribution in [1.29, 1.82) is 0 Å². The fraction of sp³-hybridized carbons (Fsp3) is 0.222. The van der Waals surface area contributed by atoms with Gasteiger partial charge >= 0.3 is 0 Å². The van der Waals surface area contributed by atoms with Crippen molar-refractivity contribution in [1.82, 2.24) is 4.90 Å². The molecule has 0 saturated heterocycles. The second kappa shape index (κ2) is 6.12. The van der Waals surface area contributed by atoms with Gasteiger partial charge in [-0.25, -0.2) is 5.01 Å². The van der Waals surface area contributed by atoms with Crippen molar-refractivity contribution >= 4 is 17.3 Å². The molecule has 0 fully saturated rings. The third-order valence-corrected chi connectivity index (χ3v) is 3.74. The molecule has 1 unspecified atom stereocenters. The molecular weight excluding hydrogens is 290 g/mol. The minimum absolute atomic E-state index is 0.0852. The quantitative estimate of drug-likeness (QED) is 0.793. The van der Waals surface area contributed by atoms with Gasteiger partial charge < -0.3 is 9.32 Å². The van der Waals surface area contributed by atoms with Gasteiger partial charge in [0.15, 0.2) is 17.8 Å². The molecule has 23 heavy (non-hydrogen) atoms. The molecule has 0 spiro atoms. The fourth-order valence-electron chi connectivity index (χ4n) is 2.67. The SMILES string of the molecule is C=CCN1C(C(C)=O)=NN(c2ccc(C)cc2)C1c1ccco1. The highest BCUT2D eigenvalue weighted by Crippen LogP contribution is 2.35. The zero-order valence-electron chi connectivity index (χ0n) is 13.3. The number of carbonyl (C=O) groups excluding carboxylic acids is 1. The van der Waals surface area contributed by atoms with Crippen LogP contribution in [-0.4, -0.2) is 23.1 Å². The predicted octanol–water partition coefficient (Wildman–Crippen LogP) is 3.50. The van der Waals surface area contributed by atoms with E-state index in [0.717, 1.165) is 11.4 Å². The van der Waals surface area contributed by atoms with Crippen molar-refractivity contribution in [2.75, 3.05) is 11.6 Å². The minimum Gasteiger partial charge on any atom is -0.465 e. The summed E-state index contributed by atoms with van der Waals surface area (Å²) < 4.78 is 5.60. The summed E-state index contributed by atoms with van der Waals surface area (Å²) in [7, 11) is 0. The lowest BCUT2D eigenvalue weighted by molar-refractivity contribution is -0.111. The maximum Gasteiger partial charge on any atom is 0.196 e. The molecule has 0 bridgehead atoms. The molecule has 1 aliphatic heterocycles. The first-order valence-corrected chi connectivity index (χ1v) is 7.48.